The van der Waals surface area contributed by atoms with Crippen LogP contribution in [-0.4, -0.2) is 27.7 Å². The van der Waals surface area contributed by atoms with Crippen molar-refractivity contribution in [2.45, 2.75) is 25.8 Å². The molecule has 39 heavy (non-hydrogen) atoms. The molecule has 9 heteroatoms. The Kier molecular flexibility index (Phi) is 8.18. The molecule has 4 aromatic rings. The Morgan fingerprint density at radius 2 is 1.51 bits per heavy atom. The molecular weight excluding hydrogens is 584 g/mol. The van der Waals surface area contributed by atoms with Crippen molar-refractivity contribution in [1.29, 1.82) is 0 Å². The number of nitrogens with two attached hydrogens (primary N) is 1. The number of ketones is 2. The summed E-state index contributed by atoms with van der Waals surface area (Å²) in [6, 6.07) is 17.0. The first-order valence-corrected chi connectivity index (χ1v) is 12.4. The summed E-state index contributed by atoms with van der Waals surface area (Å²) < 4.78 is 2.05. The van der Waals surface area contributed by atoms with Gasteiger partial charge in [0.15, 0.2) is 24.7 Å². The van der Waals surface area contributed by atoms with Crippen LogP contribution in [0.5, 0.6) is 11.5 Å². The fourth-order valence-corrected chi connectivity index (χ4v) is 5.05. The quantitative estimate of drug-likeness (QED) is 0.240. The summed E-state index contributed by atoms with van der Waals surface area (Å²) in [5, 5.41) is 21.5. The van der Waals surface area contributed by atoms with Crippen molar-refractivity contribution in [1.82, 2.24) is 0 Å². The number of hydrogen-bond donors (Lipinski definition) is 3. The summed E-state index contributed by atoms with van der Waals surface area (Å²) >= 11 is 5.96. The van der Waals surface area contributed by atoms with E-state index in [4.69, 9.17) is 17.3 Å². The summed E-state index contributed by atoms with van der Waals surface area (Å²) in [5.74, 6) is -2.87. The Bertz CT molecular complexity index is 1600. The Morgan fingerprint density at radius 1 is 0.821 bits per heavy atom. The van der Waals surface area contributed by atoms with Crippen LogP contribution >= 0.6 is 11.6 Å². The lowest BCUT2D eigenvalue weighted by Gasteiger charge is -2.23. The predicted molar refractivity (Wildman–Crippen MR) is 141 cm³/mol. The Morgan fingerprint density at radius 3 is 2.18 bits per heavy atom. The van der Waals surface area contributed by atoms with Crippen LogP contribution < -0.4 is 27.3 Å². The second-order valence-electron chi connectivity index (χ2n) is 9.25. The number of amides is 1. The predicted octanol–water partition coefficient (Wildman–Crippen LogP) is 1.14. The third-order valence-electron chi connectivity index (χ3n) is 6.78. The average molecular weight is 608 g/mol. The number of phenols is 2. The van der Waals surface area contributed by atoms with Crippen LogP contribution in [0.15, 0.2) is 73.1 Å². The van der Waals surface area contributed by atoms with Crippen molar-refractivity contribution in [3.05, 3.63) is 123 Å². The van der Waals surface area contributed by atoms with Crippen LogP contribution in [0.3, 0.4) is 0 Å². The van der Waals surface area contributed by atoms with Gasteiger partial charge in [0.2, 0.25) is 11.7 Å². The third kappa shape index (κ3) is 5.44. The highest BCUT2D eigenvalue weighted by Crippen LogP contribution is 2.39. The van der Waals surface area contributed by atoms with Crippen LogP contribution in [0.2, 0.25) is 5.02 Å². The number of aryl methyl sites for hydroxylation is 1. The van der Waals surface area contributed by atoms with Gasteiger partial charge in [-0.3, -0.25) is 14.4 Å². The maximum atomic E-state index is 13.5. The summed E-state index contributed by atoms with van der Waals surface area (Å²) in [6.07, 6.45) is 5.45. The highest BCUT2D eigenvalue weighted by molar-refractivity contribution is 6.31. The molecule has 1 amide bonds. The summed E-state index contributed by atoms with van der Waals surface area (Å²) in [5.41, 5.74) is 7.72. The van der Waals surface area contributed by atoms with E-state index in [1.807, 2.05) is 53.4 Å². The SMILES string of the molecule is NC(=O)c1cc(O)c2c(c1CCCc1cc[n+](Cc3ccc(Cl)cc3)cc1)C(=O)c1cccc(O)c1C2=O.[Br-]. The smallest absolute Gasteiger partial charge is 0.249 e. The van der Waals surface area contributed by atoms with Crippen LogP contribution in [-0.2, 0) is 19.4 Å². The Labute approximate surface area is 240 Å². The molecule has 0 bridgehead atoms. The van der Waals surface area contributed by atoms with Crippen molar-refractivity contribution in [2.24, 2.45) is 5.73 Å². The summed E-state index contributed by atoms with van der Waals surface area (Å²) in [7, 11) is 0. The molecule has 0 aliphatic heterocycles. The van der Waals surface area contributed by atoms with E-state index in [0.717, 1.165) is 17.2 Å². The number of nitrogens with zero attached hydrogens (tertiary/aromatic N) is 1. The minimum atomic E-state index is -0.803. The van der Waals surface area contributed by atoms with E-state index in [-0.39, 0.29) is 57.0 Å². The first-order chi connectivity index (χ1) is 18.2. The van der Waals surface area contributed by atoms with E-state index in [2.05, 4.69) is 0 Å². The number of halogens is 2. The van der Waals surface area contributed by atoms with Gasteiger partial charge in [-0.15, -0.1) is 0 Å². The van der Waals surface area contributed by atoms with Crippen molar-refractivity contribution < 1.29 is 46.1 Å². The number of pyridine rings is 1. The van der Waals surface area contributed by atoms with Gasteiger partial charge in [-0.25, -0.2) is 4.57 Å². The van der Waals surface area contributed by atoms with E-state index >= 15 is 0 Å². The number of fused-ring (bicyclic) bond motifs is 2. The lowest BCUT2D eigenvalue weighted by Crippen LogP contribution is -3.00. The molecule has 198 valence electrons. The summed E-state index contributed by atoms with van der Waals surface area (Å²) in [6.45, 7) is 0.701. The van der Waals surface area contributed by atoms with E-state index in [9.17, 15) is 24.6 Å². The van der Waals surface area contributed by atoms with E-state index in [0.29, 0.717) is 30.0 Å². The van der Waals surface area contributed by atoms with Gasteiger partial charge in [-0.2, -0.15) is 0 Å². The molecule has 0 saturated carbocycles. The zero-order valence-electron chi connectivity index (χ0n) is 20.7. The zero-order valence-corrected chi connectivity index (χ0v) is 23.0. The molecule has 0 spiro atoms. The van der Waals surface area contributed by atoms with E-state index < -0.39 is 23.2 Å². The van der Waals surface area contributed by atoms with Gasteiger partial charge >= 0.3 is 0 Å². The monoisotopic (exact) mass is 606 g/mol. The second kappa shape index (κ2) is 11.4. The molecule has 1 heterocycles. The average Bonchev–Trinajstić information content (AvgIpc) is 2.89. The molecule has 5 rings (SSSR count). The van der Waals surface area contributed by atoms with Crippen LogP contribution in [0, 0.1) is 0 Å². The highest BCUT2D eigenvalue weighted by Gasteiger charge is 2.37. The van der Waals surface area contributed by atoms with Gasteiger partial charge in [0.1, 0.15) is 11.5 Å². The van der Waals surface area contributed by atoms with Gasteiger partial charge in [0.05, 0.1) is 11.1 Å². The number of aromatic nitrogens is 1. The molecule has 0 radical (unpaired) electrons. The summed E-state index contributed by atoms with van der Waals surface area (Å²) in [4.78, 5) is 38.9. The number of phenolic OH excluding ortho intramolecular Hbond substituents is 2. The standard InChI is InChI=1S/C30H23ClN2O5.BrH/c31-19-9-7-18(8-10-19)16-33-13-11-17(12-14-33)3-1-4-20-22(30(32)38)15-24(35)27-26(20)28(36)21-5-2-6-23(34)25(21)29(27)37;/h2,5-15H,1,3-4,16H2,(H3-,32,34,35,37,38);1H. The topological polar surface area (TPSA) is 122 Å². The van der Waals surface area contributed by atoms with Gasteiger partial charge in [0.25, 0.3) is 0 Å². The highest BCUT2D eigenvalue weighted by atomic mass is 79.9. The second-order valence-corrected chi connectivity index (χ2v) is 9.69. The van der Waals surface area contributed by atoms with Gasteiger partial charge in [0, 0.05) is 39.4 Å². The molecule has 0 saturated heterocycles. The molecule has 3 aromatic carbocycles. The lowest BCUT2D eigenvalue weighted by atomic mass is 9.78. The fourth-order valence-electron chi connectivity index (χ4n) is 4.93. The number of aromatic hydroxyl groups is 2. The first-order valence-electron chi connectivity index (χ1n) is 12.1. The number of benzene rings is 3. The van der Waals surface area contributed by atoms with Crippen LogP contribution in [0.4, 0.5) is 0 Å². The van der Waals surface area contributed by atoms with E-state index in [1.165, 1.54) is 18.2 Å². The molecule has 7 nitrogen and oxygen atoms in total. The van der Waals surface area contributed by atoms with Crippen molar-refractivity contribution >= 4 is 29.1 Å². The number of carbonyl (C=O) groups is 3. The molecule has 1 aliphatic rings. The molecule has 0 fully saturated rings. The number of hydrogen-bond acceptors (Lipinski definition) is 5. The molecule has 0 unspecified atom stereocenters. The fraction of sp³-hybridized carbons (Fsp3) is 0.133. The number of rotatable bonds is 7. The van der Waals surface area contributed by atoms with E-state index in [1.54, 1.807) is 0 Å². The van der Waals surface area contributed by atoms with Crippen LogP contribution in [0.25, 0.3) is 0 Å². The normalized spacial score (nSPS) is 11.9. The zero-order chi connectivity index (χ0) is 27.0. The first kappa shape index (κ1) is 28.0. The molecule has 1 aliphatic carbocycles. The maximum absolute atomic E-state index is 13.5. The van der Waals surface area contributed by atoms with Crippen molar-refractivity contribution in [3.63, 3.8) is 0 Å². The lowest BCUT2D eigenvalue weighted by molar-refractivity contribution is -0.688. The number of primary amides is 1. The Balaban J connectivity index is 0.00000353. The molecular formula is C30H24BrClN2O5. The number of carbonyl (C=O) groups excluding carboxylic acids is 3. The molecule has 4 N–H and O–H groups in total. The molecule has 1 aromatic heterocycles. The van der Waals surface area contributed by atoms with Crippen LogP contribution in [0.1, 0.15) is 65.3 Å². The van der Waals surface area contributed by atoms with Gasteiger partial charge in [-0.05, 0) is 54.7 Å². The third-order valence-corrected chi connectivity index (χ3v) is 7.03. The van der Waals surface area contributed by atoms with Gasteiger partial charge < -0.3 is 32.9 Å². The minimum Gasteiger partial charge on any atom is -1.00 e. The van der Waals surface area contributed by atoms with Crippen molar-refractivity contribution in [3.8, 4) is 11.5 Å². The molecule has 0 atom stereocenters. The minimum absolute atomic E-state index is 0. The largest absolute Gasteiger partial charge is 1.00 e. The van der Waals surface area contributed by atoms with Gasteiger partial charge in [-0.1, -0.05) is 35.9 Å². The van der Waals surface area contributed by atoms with Crippen molar-refractivity contribution in [2.75, 3.05) is 0 Å². The maximum Gasteiger partial charge on any atom is 0.249 e. The Hall–Kier alpha value is -4.01.